The number of aryl methyl sites for hydroxylation is 1. The Morgan fingerprint density at radius 1 is 0.750 bits per heavy atom. The number of benzene rings is 6. The zero-order valence-corrected chi connectivity index (χ0v) is 51.7. The third-order valence-corrected chi connectivity index (χ3v) is 17.7. The van der Waals surface area contributed by atoms with Gasteiger partial charge < -0.3 is 54.0 Å². The highest BCUT2D eigenvalue weighted by Crippen LogP contribution is 2.53. The average molecular weight is 1220 g/mol. The smallest absolute Gasteiger partial charge is 0.453 e. The molecular formula is C67H81N11O9P+. The first kappa shape index (κ1) is 63.5. The number of anilines is 2. The Bertz CT molecular complexity index is 3650. The maximum absolute atomic E-state index is 14.9. The molecule has 0 radical (unpaired) electrons. The first-order valence-corrected chi connectivity index (χ1v) is 32.1. The molecule has 0 spiro atoms. The lowest BCUT2D eigenvalue weighted by molar-refractivity contribution is -0.132. The number of piperazine rings is 1. The van der Waals surface area contributed by atoms with Crippen molar-refractivity contribution in [3.8, 4) is 33.9 Å². The van der Waals surface area contributed by atoms with Gasteiger partial charge in [0, 0.05) is 104 Å². The number of nitrogens with two attached hydrogens (primary N) is 1. The van der Waals surface area contributed by atoms with Crippen LogP contribution >= 0.6 is 7.60 Å². The molecule has 3 heterocycles. The summed E-state index contributed by atoms with van der Waals surface area (Å²) in [7, 11) is -4.22. The van der Waals surface area contributed by atoms with E-state index in [9.17, 15) is 18.9 Å². The van der Waals surface area contributed by atoms with E-state index < -0.39 is 19.5 Å². The van der Waals surface area contributed by atoms with E-state index in [0.717, 1.165) is 103 Å². The molecule has 462 valence electrons. The number of aromatic nitrogens is 3. The number of amides is 3. The quantitative estimate of drug-likeness (QED) is 0.00853. The van der Waals surface area contributed by atoms with Crippen LogP contribution < -0.4 is 40.2 Å². The molecule has 2 aliphatic heterocycles. The fourth-order valence-electron chi connectivity index (χ4n) is 11.0. The normalized spacial score (nSPS) is 12.8. The molecule has 9 rings (SSSR count). The van der Waals surface area contributed by atoms with Gasteiger partial charge in [-0.15, -0.1) is 5.10 Å². The second-order valence-corrected chi connectivity index (χ2v) is 23.6. The van der Waals surface area contributed by atoms with Crippen LogP contribution in [0, 0.1) is 5.41 Å². The zero-order valence-electron chi connectivity index (χ0n) is 50.8. The van der Waals surface area contributed by atoms with Crippen LogP contribution in [-0.4, -0.2) is 120 Å². The summed E-state index contributed by atoms with van der Waals surface area (Å²) in [5.74, 6) is -0.0130. The highest BCUT2D eigenvalue weighted by molar-refractivity contribution is 7.55. The zero-order chi connectivity index (χ0) is 61.8. The van der Waals surface area contributed by atoms with Crippen LogP contribution in [0.3, 0.4) is 0 Å². The lowest BCUT2D eigenvalue weighted by Gasteiger charge is -2.35. The number of guanidine groups is 1. The summed E-state index contributed by atoms with van der Waals surface area (Å²) in [5.41, 5.74) is 12.7. The first-order chi connectivity index (χ1) is 42.8. The molecule has 1 atom stereocenters. The van der Waals surface area contributed by atoms with Crippen LogP contribution in [-0.2, 0) is 38.4 Å². The fraction of sp³-hybridized carbons (Fsp3) is 0.358. The van der Waals surface area contributed by atoms with Crippen molar-refractivity contribution >= 4 is 53.8 Å². The minimum atomic E-state index is -4.22. The third kappa shape index (κ3) is 16.7. The van der Waals surface area contributed by atoms with Crippen LogP contribution in [0.15, 0.2) is 156 Å². The van der Waals surface area contributed by atoms with Crippen LogP contribution in [0.2, 0.25) is 0 Å². The van der Waals surface area contributed by atoms with Gasteiger partial charge in [-0.2, -0.15) is 0 Å². The van der Waals surface area contributed by atoms with Crippen LogP contribution in [0.5, 0.6) is 11.5 Å². The molecular weight excluding hydrogens is 1130 g/mol. The summed E-state index contributed by atoms with van der Waals surface area (Å²) >= 11 is 0. The Labute approximate surface area is 514 Å². The van der Waals surface area contributed by atoms with Gasteiger partial charge in [-0.3, -0.25) is 19.7 Å². The standard InChI is InChI=1S/C67H80N11O9P/c1-5-74(6-2)52-33-35-58-60(45-52)85-61-46-53(75(7-3)8-4)34-36-59(61)64(58)56-26-19-20-27-57(56)65(80)77-40-38-76(39-41-77)63(79)28-18-10-9-11-21-37-78-47-51(72-73-78)48-83-42-43-84-67(81)71-62(44-49-29-31-50(32-30-49)70-66(68)69)88(82,86-54-22-14-12-15-23-54)87-55-24-16-13-17-25-55/h12-17,19-20,22-27,29-36,45-47,62H,5-11,18,21,28,37-44,48H2,1-4H3,(H4-,68,69,70,71,81)/p+1. The van der Waals surface area contributed by atoms with Crippen molar-refractivity contribution in [1.29, 1.82) is 5.41 Å². The molecule has 3 amide bonds. The number of hydrogen-bond acceptors (Lipinski definition) is 13. The largest absolute Gasteiger partial charge is 0.456 e. The van der Waals surface area contributed by atoms with Gasteiger partial charge in [0.2, 0.25) is 11.3 Å². The van der Waals surface area contributed by atoms with Gasteiger partial charge in [-0.05, 0) is 112 Å². The molecule has 3 aliphatic rings. The van der Waals surface area contributed by atoms with Crippen molar-refractivity contribution in [3.05, 3.63) is 174 Å². The van der Waals surface area contributed by atoms with E-state index in [1.165, 1.54) is 0 Å². The van der Waals surface area contributed by atoms with Crippen LogP contribution in [0.1, 0.15) is 87.8 Å². The number of para-hydroxylation sites is 2. The van der Waals surface area contributed by atoms with Gasteiger partial charge in [-0.25, -0.2) is 13.9 Å². The fourth-order valence-corrected chi connectivity index (χ4v) is 12.8. The number of unbranched alkanes of at least 4 members (excludes halogenated alkanes) is 4. The molecule has 1 aliphatic carbocycles. The molecule has 20 nitrogen and oxygen atoms in total. The van der Waals surface area contributed by atoms with Gasteiger partial charge >= 0.3 is 13.7 Å². The van der Waals surface area contributed by atoms with E-state index in [-0.39, 0.29) is 55.5 Å². The van der Waals surface area contributed by atoms with E-state index in [1.54, 1.807) is 89.6 Å². The Kier molecular flexibility index (Phi) is 22.4. The molecule has 5 aromatic carbocycles. The summed E-state index contributed by atoms with van der Waals surface area (Å²) in [6.07, 6.45) is 6.05. The highest BCUT2D eigenvalue weighted by atomic mass is 31.2. The van der Waals surface area contributed by atoms with E-state index in [1.807, 2.05) is 40.3 Å². The SMILES string of the molecule is CCN(CC)c1ccc2c(-c3ccccc3C(=O)N3CCN(C(=O)CCCCCCCn4cc(COCCOC(=O)NC(Cc5ccc(NC(=N)N)cc5)P(=O)(Oc5ccccc5)Oc5ccccc5)nn4)CC3)c3ccc(=[N+](CC)CC)cc-3oc2c1. The van der Waals surface area contributed by atoms with E-state index in [0.29, 0.717) is 61.7 Å². The number of alkyl carbamates (subject to hydrolysis) is 1. The van der Waals surface area contributed by atoms with Crippen molar-refractivity contribution in [2.45, 2.75) is 91.6 Å². The summed E-state index contributed by atoms with van der Waals surface area (Å²) in [5, 5.41) is 23.5. The maximum Gasteiger partial charge on any atom is 0.453 e. The molecule has 21 heteroatoms. The minimum absolute atomic E-state index is 0.0326. The number of nitrogens with one attached hydrogen (secondary N) is 3. The predicted octanol–water partition coefficient (Wildman–Crippen LogP) is 11.2. The predicted molar refractivity (Wildman–Crippen MR) is 344 cm³/mol. The molecule has 88 heavy (non-hydrogen) atoms. The van der Waals surface area contributed by atoms with Crippen LogP contribution in [0.25, 0.3) is 33.4 Å². The Hall–Kier alpha value is -9.00. The van der Waals surface area contributed by atoms with Gasteiger partial charge in [0.25, 0.3) is 5.91 Å². The Balaban J connectivity index is 0.700. The third-order valence-electron chi connectivity index (χ3n) is 15.6. The monoisotopic (exact) mass is 1210 g/mol. The second kappa shape index (κ2) is 31.1. The first-order valence-electron chi connectivity index (χ1n) is 30.5. The van der Waals surface area contributed by atoms with Crippen LogP contribution in [0.4, 0.5) is 16.2 Å². The van der Waals surface area contributed by atoms with Crippen molar-refractivity contribution in [2.24, 2.45) is 5.73 Å². The lowest BCUT2D eigenvalue weighted by Crippen LogP contribution is -2.50. The van der Waals surface area contributed by atoms with E-state index >= 15 is 0 Å². The molecule has 0 bridgehead atoms. The summed E-state index contributed by atoms with van der Waals surface area (Å²) in [4.78, 5) is 47.5. The van der Waals surface area contributed by atoms with E-state index in [2.05, 4.69) is 94.5 Å². The van der Waals surface area contributed by atoms with Gasteiger partial charge in [-0.1, -0.05) is 91.2 Å². The second-order valence-electron chi connectivity index (χ2n) is 21.5. The van der Waals surface area contributed by atoms with Crippen molar-refractivity contribution in [3.63, 3.8) is 0 Å². The topological polar surface area (TPSA) is 236 Å². The molecule has 1 saturated heterocycles. The number of hydrogen-bond donors (Lipinski definition) is 4. The lowest BCUT2D eigenvalue weighted by atomic mass is 9.90. The number of carbonyl (C=O) groups excluding carboxylic acids is 3. The maximum atomic E-state index is 14.9. The molecule has 0 saturated carbocycles. The van der Waals surface area contributed by atoms with E-state index in [4.69, 9.17) is 34.1 Å². The van der Waals surface area contributed by atoms with Crippen molar-refractivity contribution in [1.82, 2.24) is 34.7 Å². The molecule has 6 aromatic rings. The summed E-state index contributed by atoms with van der Waals surface area (Å²) in [6.45, 7) is 14.8. The Morgan fingerprint density at radius 2 is 1.41 bits per heavy atom. The minimum Gasteiger partial charge on any atom is -0.456 e. The highest BCUT2D eigenvalue weighted by Gasteiger charge is 2.41. The van der Waals surface area contributed by atoms with Gasteiger partial charge in [0.1, 0.15) is 48.2 Å². The molecule has 1 aromatic heterocycles. The molecule has 5 N–H and O–H groups in total. The molecule has 1 unspecified atom stereocenters. The number of ether oxygens (including phenoxy) is 2. The summed E-state index contributed by atoms with van der Waals surface area (Å²) in [6, 6.07) is 44.7. The number of fused-ring (bicyclic) bond motifs is 2. The van der Waals surface area contributed by atoms with Gasteiger partial charge in [0.05, 0.1) is 25.5 Å². The molecule has 1 fully saturated rings. The Morgan fingerprint density at radius 3 is 2.09 bits per heavy atom. The summed E-state index contributed by atoms with van der Waals surface area (Å²) < 4.78 is 49.1. The van der Waals surface area contributed by atoms with Crippen molar-refractivity contribution in [2.75, 3.05) is 75.8 Å². The number of carbonyl (C=O) groups is 3. The van der Waals surface area contributed by atoms with Gasteiger partial charge in [0.15, 0.2) is 11.7 Å². The number of rotatable bonds is 29. The average Bonchev–Trinajstić information content (AvgIpc) is 1.01. The number of nitrogens with zero attached hydrogens (tertiary/aromatic N) is 7. The van der Waals surface area contributed by atoms with Crippen molar-refractivity contribution < 1.29 is 41.9 Å².